The number of hydrogen-bond donors (Lipinski definition) is 2. The zero-order chi connectivity index (χ0) is 21.3. The molecule has 30 heavy (non-hydrogen) atoms. The van der Waals surface area contributed by atoms with Crippen LogP contribution in [-0.4, -0.2) is 14.3 Å². The van der Waals surface area contributed by atoms with Crippen molar-refractivity contribution < 1.29 is 17.6 Å². The van der Waals surface area contributed by atoms with Gasteiger partial charge in [-0.3, -0.25) is 9.52 Å². The molecule has 4 rings (SSSR count). The minimum Gasteiger partial charge on any atom is -0.312 e. The summed E-state index contributed by atoms with van der Waals surface area (Å²) in [5.74, 6) is -1.08. The highest BCUT2D eigenvalue weighted by Crippen LogP contribution is 2.39. The molecular weight excluding hydrogens is 425 g/mol. The zero-order valence-corrected chi connectivity index (χ0v) is 17.2. The average molecular weight is 442 g/mol. The van der Waals surface area contributed by atoms with Crippen LogP contribution in [0.2, 0.25) is 0 Å². The Kier molecular flexibility index (Phi) is 5.28. The summed E-state index contributed by atoms with van der Waals surface area (Å²) in [6.45, 7) is 0. The topological polar surface area (TPSA) is 99.1 Å². The van der Waals surface area contributed by atoms with Crippen LogP contribution in [0.1, 0.15) is 32.8 Å². The second-order valence-corrected chi connectivity index (χ2v) is 9.52. The van der Waals surface area contributed by atoms with Crippen molar-refractivity contribution in [1.82, 2.24) is 0 Å². The molecule has 1 aromatic heterocycles. The van der Waals surface area contributed by atoms with Gasteiger partial charge in [-0.1, -0.05) is 12.1 Å². The number of anilines is 2. The predicted octanol–water partition coefficient (Wildman–Crippen LogP) is 4.30. The number of carbonyl (C=O) groups excluding carboxylic acids is 1. The molecule has 1 aliphatic carbocycles. The quantitative estimate of drug-likeness (QED) is 0.617. The lowest BCUT2D eigenvalue weighted by Gasteiger charge is -2.12. The lowest BCUT2D eigenvalue weighted by Crippen LogP contribution is -2.18. The number of amides is 1. The van der Waals surface area contributed by atoms with Gasteiger partial charge in [0.15, 0.2) is 0 Å². The molecule has 0 atom stereocenters. The summed E-state index contributed by atoms with van der Waals surface area (Å²) in [6.07, 6.45) is 2.70. The van der Waals surface area contributed by atoms with E-state index in [4.69, 9.17) is 0 Å². The molecule has 9 heteroatoms. The fourth-order valence-corrected chi connectivity index (χ4v) is 5.68. The first-order valence-corrected chi connectivity index (χ1v) is 11.4. The van der Waals surface area contributed by atoms with Crippen LogP contribution in [0.3, 0.4) is 0 Å². The van der Waals surface area contributed by atoms with Gasteiger partial charge in [-0.15, -0.1) is 11.3 Å². The third-order valence-electron chi connectivity index (χ3n) is 4.80. The fourth-order valence-electron chi connectivity index (χ4n) is 3.37. The third-order valence-corrected chi connectivity index (χ3v) is 7.39. The van der Waals surface area contributed by atoms with Gasteiger partial charge in [0, 0.05) is 4.88 Å². The first-order valence-electron chi connectivity index (χ1n) is 9.12. The number of aryl methyl sites for hydroxylation is 1. The first kappa shape index (κ1) is 20.1. The molecule has 1 heterocycles. The van der Waals surface area contributed by atoms with Gasteiger partial charge in [0.05, 0.1) is 21.7 Å². The molecule has 0 aliphatic heterocycles. The lowest BCUT2D eigenvalue weighted by molar-refractivity contribution is 0.102. The van der Waals surface area contributed by atoms with Gasteiger partial charge >= 0.3 is 0 Å². The Morgan fingerprint density at radius 3 is 2.57 bits per heavy atom. The summed E-state index contributed by atoms with van der Waals surface area (Å²) in [5.41, 5.74) is 1.66. The van der Waals surface area contributed by atoms with E-state index in [1.54, 1.807) is 12.1 Å². The number of fused-ring (bicyclic) bond motifs is 1. The van der Waals surface area contributed by atoms with Crippen LogP contribution < -0.4 is 10.0 Å². The molecule has 2 N–H and O–H groups in total. The van der Waals surface area contributed by atoms with Crippen LogP contribution in [0, 0.1) is 17.1 Å². The minimum atomic E-state index is -4.02. The smallest absolute Gasteiger partial charge is 0.261 e. The number of rotatable bonds is 5. The molecule has 0 radical (unpaired) electrons. The Hall–Kier alpha value is -3.22. The van der Waals surface area contributed by atoms with Gasteiger partial charge in [0.2, 0.25) is 0 Å². The summed E-state index contributed by atoms with van der Waals surface area (Å²) >= 11 is 1.38. The highest BCUT2D eigenvalue weighted by Gasteiger charge is 2.24. The number of para-hydroxylation sites is 1. The van der Waals surface area contributed by atoms with E-state index in [0.29, 0.717) is 10.6 Å². The van der Waals surface area contributed by atoms with Crippen LogP contribution in [0.25, 0.3) is 0 Å². The molecule has 0 fully saturated rings. The van der Waals surface area contributed by atoms with E-state index in [2.05, 4.69) is 16.1 Å². The van der Waals surface area contributed by atoms with Crippen molar-refractivity contribution in [2.24, 2.45) is 0 Å². The van der Waals surface area contributed by atoms with Crippen molar-refractivity contribution in [3.05, 3.63) is 75.9 Å². The standard InChI is InChI=1S/C21H16FN3O3S2/c22-13-8-10-14(11-9-13)30(27,28)25-18-6-2-1-4-16(18)20(26)24-21-17(12-23)15-5-3-7-19(15)29-21/h1-2,4,6,8-11,25H,3,5,7H2,(H,24,26). The van der Waals surface area contributed by atoms with Crippen LogP contribution in [0.4, 0.5) is 15.1 Å². The zero-order valence-electron chi connectivity index (χ0n) is 15.6. The fraction of sp³-hybridized carbons (Fsp3) is 0.143. The van der Waals surface area contributed by atoms with E-state index >= 15 is 0 Å². The maximum atomic E-state index is 13.1. The second-order valence-electron chi connectivity index (χ2n) is 6.73. The van der Waals surface area contributed by atoms with Crippen molar-refractivity contribution >= 4 is 38.0 Å². The number of nitriles is 1. The van der Waals surface area contributed by atoms with E-state index in [1.165, 1.54) is 23.5 Å². The van der Waals surface area contributed by atoms with Crippen molar-refractivity contribution in [3.63, 3.8) is 0 Å². The molecule has 152 valence electrons. The van der Waals surface area contributed by atoms with Crippen molar-refractivity contribution in [2.75, 3.05) is 10.0 Å². The molecule has 2 aromatic carbocycles. The molecule has 0 saturated heterocycles. The van der Waals surface area contributed by atoms with Crippen molar-refractivity contribution in [1.29, 1.82) is 5.26 Å². The Balaban J connectivity index is 1.62. The summed E-state index contributed by atoms with van der Waals surface area (Å²) in [7, 11) is -4.02. The van der Waals surface area contributed by atoms with Gasteiger partial charge in [0.25, 0.3) is 15.9 Å². The number of nitrogens with zero attached hydrogens (tertiary/aromatic N) is 1. The molecule has 0 spiro atoms. The maximum Gasteiger partial charge on any atom is 0.261 e. The highest BCUT2D eigenvalue weighted by molar-refractivity contribution is 7.92. The van der Waals surface area contributed by atoms with Gasteiger partial charge in [0.1, 0.15) is 16.9 Å². The number of hydrogen-bond acceptors (Lipinski definition) is 5. The van der Waals surface area contributed by atoms with Gasteiger partial charge in [-0.25, -0.2) is 12.8 Å². The van der Waals surface area contributed by atoms with Gasteiger partial charge in [-0.05, 0) is 61.2 Å². The van der Waals surface area contributed by atoms with Crippen LogP contribution in [0.5, 0.6) is 0 Å². The molecule has 0 saturated carbocycles. The molecule has 0 unspecified atom stereocenters. The van der Waals surface area contributed by atoms with Crippen molar-refractivity contribution in [2.45, 2.75) is 24.2 Å². The van der Waals surface area contributed by atoms with Crippen LogP contribution in [-0.2, 0) is 22.9 Å². The van der Waals surface area contributed by atoms with E-state index in [1.807, 2.05) is 0 Å². The Labute approximate surface area is 177 Å². The van der Waals surface area contributed by atoms with Crippen LogP contribution >= 0.6 is 11.3 Å². The Morgan fingerprint density at radius 2 is 1.83 bits per heavy atom. The lowest BCUT2D eigenvalue weighted by atomic mass is 10.1. The van der Waals surface area contributed by atoms with E-state index in [-0.39, 0.29) is 16.1 Å². The number of thiophene rings is 1. The summed E-state index contributed by atoms with van der Waals surface area (Å²) in [6, 6.07) is 12.7. The maximum absolute atomic E-state index is 13.1. The summed E-state index contributed by atoms with van der Waals surface area (Å²) in [4.78, 5) is 13.9. The Bertz CT molecular complexity index is 1280. The molecular formula is C21H16FN3O3S2. The number of nitrogens with one attached hydrogen (secondary N) is 2. The SMILES string of the molecule is N#Cc1c(NC(=O)c2ccccc2NS(=O)(=O)c2ccc(F)cc2)sc2c1CCC2. The third kappa shape index (κ3) is 3.79. The normalized spacial score (nSPS) is 12.8. The van der Waals surface area contributed by atoms with E-state index < -0.39 is 21.7 Å². The monoisotopic (exact) mass is 441 g/mol. The molecule has 1 aliphatic rings. The Morgan fingerprint density at radius 1 is 1.10 bits per heavy atom. The molecule has 0 bridgehead atoms. The molecule has 6 nitrogen and oxygen atoms in total. The van der Waals surface area contributed by atoms with E-state index in [0.717, 1.165) is 54.0 Å². The average Bonchev–Trinajstić information content (AvgIpc) is 3.29. The number of sulfonamides is 1. The number of carbonyl (C=O) groups is 1. The van der Waals surface area contributed by atoms with Gasteiger partial charge < -0.3 is 5.32 Å². The number of benzene rings is 2. The predicted molar refractivity (Wildman–Crippen MR) is 113 cm³/mol. The van der Waals surface area contributed by atoms with Gasteiger partial charge in [-0.2, -0.15) is 5.26 Å². The highest BCUT2D eigenvalue weighted by atomic mass is 32.2. The summed E-state index contributed by atoms with van der Waals surface area (Å²) < 4.78 is 40.8. The molecule has 1 amide bonds. The second kappa shape index (κ2) is 7.89. The first-order chi connectivity index (χ1) is 14.4. The van der Waals surface area contributed by atoms with Crippen LogP contribution in [0.15, 0.2) is 53.4 Å². The minimum absolute atomic E-state index is 0.0851. The summed E-state index contributed by atoms with van der Waals surface area (Å²) in [5, 5.41) is 12.7. The number of halogens is 1. The van der Waals surface area contributed by atoms with Crippen molar-refractivity contribution in [3.8, 4) is 6.07 Å². The largest absolute Gasteiger partial charge is 0.312 e. The molecule has 3 aromatic rings. The van der Waals surface area contributed by atoms with E-state index in [9.17, 15) is 22.9 Å².